The molecule has 2 fully saturated rings. The molecule has 0 radical (unpaired) electrons. The molecule has 0 aliphatic heterocycles. The molecule has 3 rings (SSSR count). The molecule has 2 aliphatic rings. The van der Waals surface area contributed by atoms with Gasteiger partial charge in [-0.1, -0.05) is 12.1 Å². The minimum atomic E-state index is -2.84. The Kier molecular flexibility index (Phi) is 2.40. The maximum atomic E-state index is 12.9. The maximum absolute atomic E-state index is 12.9. The van der Waals surface area contributed by atoms with Crippen molar-refractivity contribution >= 4 is 5.91 Å². The molecule has 1 atom stereocenters. The van der Waals surface area contributed by atoms with Crippen LogP contribution >= 0.6 is 0 Å². The van der Waals surface area contributed by atoms with E-state index in [1.54, 1.807) is 18.2 Å². The zero-order valence-corrected chi connectivity index (χ0v) is 10.1. The number of hydrogen-bond donors (Lipinski definition) is 1. The van der Waals surface area contributed by atoms with E-state index in [9.17, 15) is 13.6 Å². The SMILES string of the molecule is N#Cc1cccc(C2(NC(=O)C3CC3(F)F)CC2)c1. The van der Waals surface area contributed by atoms with E-state index >= 15 is 0 Å². The first-order valence-electron chi connectivity index (χ1n) is 6.17. The summed E-state index contributed by atoms with van der Waals surface area (Å²) in [5, 5.41) is 11.6. The van der Waals surface area contributed by atoms with Gasteiger partial charge in [0.15, 0.2) is 0 Å². The standard InChI is InChI=1S/C14H12F2N2O/c15-14(16)7-11(14)12(19)18-13(4-5-13)10-3-1-2-9(6-10)8-17/h1-3,6,11H,4-5,7H2,(H,18,19). The fourth-order valence-corrected chi connectivity index (χ4v) is 2.32. The van der Waals surface area contributed by atoms with Crippen molar-refractivity contribution in [3.8, 4) is 6.07 Å². The van der Waals surface area contributed by atoms with Crippen molar-refractivity contribution < 1.29 is 13.6 Å². The van der Waals surface area contributed by atoms with E-state index in [2.05, 4.69) is 5.32 Å². The Hall–Kier alpha value is -1.96. The van der Waals surface area contributed by atoms with Gasteiger partial charge in [-0.2, -0.15) is 5.26 Å². The van der Waals surface area contributed by atoms with Crippen LogP contribution in [0.25, 0.3) is 0 Å². The van der Waals surface area contributed by atoms with Crippen molar-refractivity contribution in [3.63, 3.8) is 0 Å². The van der Waals surface area contributed by atoms with Gasteiger partial charge in [-0.05, 0) is 30.5 Å². The predicted molar refractivity (Wildman–Crippen MR) is 63.3 cm³/mol. The molecule has 0 saturated heterocycles. The summed E-state index contributed by atoms with van der Waals surface area (Å²) < 4.78 is 25.7. The van der Waals surface area contributed by atoms with Gasteiger partial charge >= 0.3 is 0 Å². The molecule has 1 N–H and O–H groups in total. The molecule has 98 valence electrons. The summed E-state index contributed by atoms with van der Waals surface area (Å²) in [4.78, 5) is 11.7. The van der Waals surface area contributed by atoms with E-state index in [0.29, 0.717) is 5.56 Å². The Balaban J connectivity index is 1.77. The summed E-state index contributed by atoms with van der Waals surface area (Å²) >= 11 is 0. The summed E-state index contributed by atoms with van der Waals surface area (Å²) in [6.45, 7) is 0. The molecule has 5 heteroatoms. The van der Waals surface area contributed by atoms with Gasteiger partial charge in [-0.25, -0.2) is 8.78 Å². The molecule has 2 aliphatic carbocycles. The first kappa shape index (κ1) is 12.1. The molecule has 0 heterocycles. The van der Waals surface area contributed by atoms with Crippen LogP contribution in [0, 0.1) is 17.2 Å². The van der Waals surface area contributed by atoms with Crippen molar-refractivity contribution in [2.45, 2.75) is 30.7 Å². The molecule has 1 aromatic rings. The summed E-state index contributed by atoms with van der Waals surface area (Å²) in [7, 11) is 0. The van der Waals surface area contributed by atoms with Gasteiger partial charge < -0.3 is 5.32 Å². The average molecular weight is 262 g/mol. The van der Waals surface area contributed by atoms with Crippen LogP contribution < -0.4 is 5.32 Å². The van der Waals surface area contributed by atoms with Crippen LogP contribution in [0.3, 0.4) is 0 Å². The van der Waals surface area contributed by atoms with Gasteiger partial charge in [0.05, 0.1) is 17.2 Å². The van der Waals surface area contributed by atoms with E-state index in [1.807, 2.05) is 12.1 Å². The van der Waals surface area contributed by atoms with Crippen molar-refractivity contribution in [2.75, 3.05) is 0 Å². The van der Waals surface area contributed by atoms with Crippen LogP contribution in [0.2, 0.25) is 0 Å². The molecule has 2 saturated carbocycles. The van der Waals surface area contributed by atoms with E-state index in [4.69, 9.17) is 5.26 Å². The Morgan fingerprint density at radius 2 is 2.11 bits per heavy atom. The lowest BCUT2D eigenvalue weighted by molar-refractivity contribution is -0.125. The lowest BCUT2D eigenvalue weighted by Gasteiger charge is -2.18. The van der Waals surface area contributed by atoms with Gasteiger partial charge in [0.2, 0.25) is 5.91 Å². The monoisotopic (exact) mass is 262 g/mol. The van der Waals surface area contributed by atoms with Crippen LogP contribution in [-0.2, 0) is 10.3 Å². The molecule has 1 aromatic carbocycles. The highest BCUT2D eigenvalue weighted by molar-refractivity contribution is 5.84. The third-order valence-electron chi connectivity index (χ3n) is 3.80. The Bertz CT molecular complexity index is 587. The number of hydrogen-bond acceptors (Lipinski definition) is 2. The molecule has 19 heavy (non-hydrogen) atoms. The Morgan fingerprint density at radius 1 is 1.42 bits per heavy atom. The normalized spacial score (nSPS) is 25.2. The lowest BCUT2D eigenvalue weighted by atomic mass is 10.0. The topological polar surface area (TPSA) is 52.9 Å². The largest absolute Gasteiger partial charge is 0.346 e. The molecule has 0 spiro atoms. The molecule has 0 bridgehead atoms. The van der Waals surface area contributed by atoms with Crippen LogP contribution in [0.4, 0.5) is 8.78 Å². The second-order valence-electron chi connectivity index (χ2n) is 5.28. The fraction of sp³-hybridized carbons (Fsp3) is 0.429. The smallest absolute Gasteiger partial charge is 0.260 e. The number of alkyl halides is 2. The second-order valence-corrected chi connectivity index (χ2v) is 5.28. The fourth-order valence-electron chi connectivity index (χ4n) is 2.32. The van der Waals surface area contributed by atoms with Crippen LogP contribution in [0.15, 0.2) is 24.3 Å². The number of nitrogens with zero attached hydrogens (tertiary/aromatic N) is 1. The summed E-state index contributed by atoms with van der Waals surface area (Å²) in [5.41, 5.74) is 0.793. The number of rotatable bonds is 3. The van der Waals surface area contributed by atoms with Gasteiger partial charge in [0, 0.05) is 6.42 Å². The van der Waals surface area contributed by atoms with E-state index < -0.39 is 23.3 Å². The third kappa shape index (κ3) is 2.07. The molecule has 3 nitrogen and oxygen atoms in total. The maximum Gasteiger partial charge on any atom is 0.260 e. The number of halogens is 2. The Morgan fingerprint density at radius 3 is 2.63 bits per heavy atom. The van der Waals surface area contributed by atoms with Crippen molar-refractivity contribution in [2.24, 2.45) is 5.92 Å². The number of benzene rings is 1. The number of nitrogens with one attached hydrogen (secondary N) is 1. The first-order valence-corrected chi connectivity index (χ1v) is 6.17. The summed E-state index contributed by atoms with van der Waals surface area (Å²) in [6.07, 6.45) is 1.10. The van der Waals surface area contributed by atoms with E-state index in [1.165, 1.54) is 0 Å². The minimum Gasteiger partial charge on any atom is -0.346 e. The second kappa shape index (κ2) is 3.77. The van der Waals surface area contributed by atoms with Gasteiger partial charge in [-0.3, -0.25) is 4.79 Å². The zero-order valence-electron chi connectivity index (χ0n) is 10.1. The molecular formula is C14H12F2N2O. The van der Waals surface area contributed by atoms with Gasteiger partial charge in [-0.15, -0.1) is 0 Å². The average Bonchev–Trinajstić information content (AvgIpc) is 3.28. The highest BCUT2D eigenvalue weighted by Gasteiger charge is 2.62. The zero-order chi connectivity index (χ0) is 13.7. The highest BCUT2D eigenvalue weighted by atomic mass is 19.3. The number of carbonyl (C=O) groups excluding carboxylic acids is 1. The van der Waals surface area contributed by atoms with Crippen LogP contribution in [0.1, 0.15) is 30.4 Å². The van der Waals surface area contributed by atoms with E-state index in [0.717, 1.165) is 18.4 Å². The van der Waals surface area contributed by atoms with Crippen molar-refractivity contribution in [3.05, 3.63) is 35.4 Å². The van der Waals surface area contributed by atoms with Gasteiger partial charge in [0.25, 0.3) is 5.92 Å². The van der Waals surface area contributed by atoms with Crippen LogP contribution in [0.5, 0.6) is 0 Å². The summed E-state index contributed by atoms with van der Waals surface area (Å²) in [6, 6.07) is 8.98. The Labute approximate surface area is 109 Å². The molecular weight excluding hydrogens is 250 g/mol. The molecule has 0 aromatic heterocycles. The van der Waals surface area contributed by atoms with Crippen molar-refractivity contribution in [1.29, 1.82) is 5.26 Å². The lowest BCUT2D eigenvalue weighted by Crippen LogP contribution is -2.37. The molecule has 1 unspecified atom stereocenters. The van der Waals surface area contributed by atoms with Crippen LogP contribution in [-0.4, -0.2) is 11.8 Å². The quantitative estimate of drug-likeness (QED) is 0.908. The number of nitriles is 1. The minimum absolute atomic E-state index is 0.354. The summed E-state index contributed by atoms with van der Waals surface area (Å²) in [5.74, 6) is -4.59. The van der Waals surface area contributed by atoms with Gasteiger partial charge in [0.1, 0.15) is 5.92 Å². The van der Waals surface area contributed by atoms with Crippen molar-refractivity contribution in [1.82, 2.24) is 5.32 Å². The number of carbonyl (C=O) groups is 1. The first-order chi connectivity index (χ1) is 8.97. The number of amides is 1. The molecule has 1 amide bonds. The highest BCUT2D eigenvalue weighted by Crippen LogP contribution is 2.51. The third-order valence-corrected chi connectivity index (χ3v) is 3.80. The predicted octanol–water partition coefficient (Wildman–Crippen LogP) is 2.32. The van der Waals surface area contributed by atoms with E-state index in [-0.39, 0.29) is 6.42 Å².